The molecule has 2 aromatic heterocycles. The number of H-pyrrole nitrogens is 2. The smallest absolute Gasteiger partial charge is 0.248 e. The van der Waals surface area contributed by atoms with E-state index < -0.39 is 0 Å². The highest BCUT2D eigenvalue weighted by Crippen LogP contribution is 2.24. The summed E-state index contributed by atoms with van der Waals surface area (Å²) in [7, 11) is 0. The van der Waals surface area contributed by atoms with E-state index >= 15 is 0 Å². The van der Waals surface area contributed by atoms with Crippen LogP contribution in [0.5, 0.6) is 0 Å². The summed E-state index contributed by atoms with van der Waals surface area (Å²) >= 11 is 1.61. The number of aryl methyl sites for hydroxylation is 2. The summed E-state index contributed by atoms with van der Waals surface area (Å²) in [6, 6.07) is 9.52. The van der Waals surface area contributed by atoms with Crippen molar-refractivity contribution in [2.75, 3.05) is 0 Å². The molecule has 0 aliphatic heterocycles. The van der Waals surface area contributed by atoms with E-state index in [2.05, 4.69) is 15.0 Å². The number of nitrogens with one attached hydrogen (secondary N) is 2. The Kier molecular flexibility index (Phi) is 3.36. The number of fused-ring (bicyclic) bond motifs is 1. The van der Waals surface area contributed by atoms with Crippen LogP contribution < -0.4 is 5.56 Å². The molecule has 0 aliphatic rings. The lowest BCUT2D eigenvalue weighted by Gasteiger charge is -2.04. The molecule has 0 unspecified atom stereocenters. The predicted octanol–water partition coefficient (Wildman–Crippen LogP) is 3.16. The number of aromatic amines is 2. The van der Waals surface area contributed by atoms with Crippen molar-refractivity contribution in [1.29, 1.82) is 0 Å². The van der Waals surface area contributed by atoms with Gasteiger partial charge in [0.2, 0.25) is 5.56 Å². The summed E-state index contributed by atoms with van der Waals surface area (Å²) < 4.78 is 0. The molecule has 0 spiro atoms. The van der Waals surface area contributed by atoms with Gasteiger partial charge in [-0.25, -0.2) is 4.98 Å². The molecule has 20 heavy (non-hydrogen) atoms. The number of hydrogen-bond acceptors (Lipinski definition) is 3. The highest BCUT2D eigenvalue weighted by molar-refractivity contribution is 7.98. The van der Waals surface area contributed by atoms with E-state index in [0.717, 1.165) is 38.8 Å². The van der Waals surface area contributed by atoms with Crippen LogP contribution in [0.25, 0.3) is 10.9 Å². The Morgan fingerprint density at radius 2 is 2.00 bits per heavy atom. The molecule has 102 valence electrons. The quantitative estimate of drug-likeness (QED) is 0.727. The Labute approximate surface area is 120 Å². The lowest BCUT2D eigenvalue weighted by molar-refractivity contribution is 1.03. The monoisotopic (exact) mass is 285 g/mol. The first-order valence-electron chi connectivity index (χ1n) is 6.40. The minimum atomic E-state index is -0.0638. The van der Waals surface area contributed by atoms with Gasteiger partial charge in [0.25, 0.3) is 0 Å². The number of pyridine rings is 1. The van der Waals surface area contributed by atoms with Gasteiger partial charge in [-0.05, 0) is 25.5 Å². The van der Waals surface area contributed by atoms with E-state index in [0.29, 0.717) is 0 Å². The van der Waals surface area contributed by atoms with Crippen molar-refractivity contribution in [1.82, 2.24) is 15.0 Å². The molecule has 3 rings (SSSR count). The number of nitrogens with zero attached hydrogens (tertiary/aromatic N) is 1. The maximum absolute atomic E-state index is 11.7. The molecule has 0 saturated carbocycles. The lowest BCUT2D eigenvalue weighted by Crippen LogP contribution is -2.05. The molecule has 0 fully saturated rings. The lowest BCUT2D eigenvalue weighted by atomic mass is 10.1. The van der Waals surface area contributed by atoms with Gasteiger partial charge in [0.15, 0.2) is 5.16 Å². The van der Waals surface area contributed by atoms with Gasteiger partial charge in [0, 0.05) is 28.4 Å². The van der Waals surface area contributed by atoms with Crippen LogP contribution in [0.1, 0.15) is 17.0 Å². The summed E-state index contributed by atoms with van der Waals surface area (Å²) in [5, 5.41) is 1.98. The molecule has 1 aromatic carbocycles. The first kappa shape index (κ1) is 13.0. The Morgan fingerprint density at radius 3 is 2.75 bits per heavy atom. The predicted molar refractivity (Wildman–Crippen MR) is 82.2 cm³/mol. The summed E-state index contributed by atoms with van der Waals surface area (Å²) in [6.45, 7) is 3.99. The van der Waals surface area contributed by atoms with Crippen LogP contribution in [0.4, 0.5) is 0 Å². The fourth-order valence-electron chi connectivity index (χ4n) is 2.13. The number of hydrogen-bond donors (Lipinski definition) is 2. The van der Waals surface area contributed by atoms with Crippen LogP contribution >= 0.6 is 11.8 Å². The minimum Gasteiger partial charge on any atom is -0.337 e. The molecule has 0 saturated heterocycles. The van der Waals surface area contributed by atoms with Crippen molar-refractivity contribution in [2.24, 2.45) is 0 Å². The molecule has 4 nitrogen and oxygen atoms in total. The number of aromatic nitrogens is 3. The standard InChI is InChI=1S/C15H15N3OS/c1-9-10(2)17-15(16-9)20-8-11-7-14(19)18-13-6-4-3-5-12(11)13/h3-7H,8H2,1-2H3,(H,16,17)(H,18,19). The van der Waals surface area contributed by atoms with Crippen LogP contribution in [0.3, 0.4) is 0 Å². The zero-order valence-corrected chi connectivity index (χ0v) is 12.2. The average molecular weight is 285 g/mol. The van der Waals surface area contributed by atoms with Crippen molar-refractivity contribution >= 4 is 22.7 Å². The average Bonchev–Trinajstić information content (AvgIpc) is 2.75. The van der Waals surface area contributed by atoms with Crippen molar-refractivity contribution in [3.63, 3.8) is 0 Å². The molecular weight excluding hydrogens is 270 g/mol. The number of thioether (sulfide) groups is 1. The van der Waals surface area contributed by atoms with Gasteiger partial charge in [-0.2, -0.15) is 0 Å². The van der Waals surface area contributed by atoms with Crippen molar-refractivity contribution in [3.8, 4) is 0 Å². The van der Waals surface area contributed by atoms with Crippen molar-refractivity contribution in [2.45, 2.75) is 24.8 Å². The van der Waals surface area contributed by atoms with Crippen molar-refractivity contribution in [3.05, 3.63) is 57.6 Å². The first-order chi connectivity index (χ1) is 9.63. The van der Waals surface area contributed by atoms with Crippen molar-refractivity contribution < 1.29 is 0 Å². The molecule has 2 heterocycles. The summed E-state index contributed by atoms with van der Waals surface area (Å²) in [4.78, 5) is 22.2. The van der Waals surface area contributed by atoms with Crippen LogP contribution in [0, 0.1) is 13.8 Å². The Morgan fingerprint density at radius 1 is 1.20 bits per heavy atom. The van der Waals surface area contributed by atoms with E-state index in [1.165, 1.54) is 0 Å². The summed E-state index contributed by atoms with van der Waals surface area (Å²) in [5.74, 6) is 0.719. The van der Waals surface area contributed by atoms with Gasteiger partial charge in [0.05, 0.1) is 5.69 Å². The van der Waals surface area contributed by atoms with E-state index in [4.69, 9.17) is 0 Å². The van der Waals surface area contributed by atoms with Gasteiger partial charge in [-0.3, -0.25) is 4.79 Å². The molecule has 0 aliphatic carbocycles. The molecule has 3 aromatic rings. The number of rotatable bonds is 3. The van der Waals surface area contributed by atoms with E-state index in [-0.39, 0.29) is 5.56 Å². The normalized spacial score (nSPS) is 11.1. The topological polar surface area (TPSA) is 61.5 Å². The third-order valence-electron chi connectivity index (χ3n) is 3.31. The highest BCUT2D eigenvalue weighted by Gasteiger charge is 2.07. The zero-order chi connectivity index (χ0) is 14.1. The fourth-order valence-corrected chi connectivity index (χ4v) is 3.08. The second-order valence-corrected chi connectivity index (χ2v) is 5.71. The summed E-state index contributed by atoms with van der Waals surface area (Å²) in [6.07, 6.45) is 0. The highest BCUT2D eigenvalue weighted by atomic mass is 32.2. The van der Waals surface area contributed by atoms with Gasteiger partial charge in [0.1, 0.15) is 0 Å². The van der Waals surface area contributed by atoms with Gasteiger partial charge >= 0.3 is 0 Å². The molecule has 0 amide bonds. The Hall–Kier alpha value is -2.01. The van der Waals surface area contributed by atoms with Crippen LogP contribution in [-0.2, 0) is 5.75 Å². The second kappa shape index (κ2) is 5.17. The van der Waals surface area contributed by atoms with E-state index in [9.17, 15) is 4.79 Å². The molecule has 0 bridgehead atoms. The molecule has 2 N–H and O–H groups in total. The van der Waals surface area contributed by atoms with E-state index in [1.54, 1.807) is 17.8 Å². The summed E-state index contributed by atoms with van der Waals surface area (Å²) in [5.41, 5.74) is 3.95. The second-order valence-electron chi connectivity index (χ2n) is 4.75. The van der Waals surface area contributed by atoms with Gasteiger partial charge < -0.3 is 9.97 Å². The molecule has 0 radical (unpaired) electrons. The third kappa shape index (κ3) is 2.49. The van der Waals surface area contributed by atoms with Gasteiger partial charge in [-0.1, -0.05) is 30.0 Å². The molecule has 5 heteroatoms. The Bertz CT molecular complexity index is 800. The largest absolute Gasteiger partial charge is 0.337 e. The number of benzene rings is 1. The van der Waals surface area contributed by atoms with E-state index in [1.807, 2.05) is 38.1 Å². The van der Waals surface area contributed by atoms with Crippen LogP contribution in [-0.4, -0.2) is 15.0 Å². The zero-order valence-electron chi connectivity index (χ0n) is 11.4. The fraction of sp³-hybridized carbons (Fsp3) is 0.200. The minimum absolute atomic E-state index is 0.0638. The number of para-hydroxylation sites is 1. The van der Waals surface area contributed by atoms with Gasteiger partial charge in [-0.15, -0.1) is 0 Å². The maximum Gasteiger partial charge on any atom is 0.248 e. The Balaban J connectivity index is 1.92. The van der Waals surface area contributed by atoms with Crippen LogP contribution in [0.2, 0.25) is 0 Å². The molecule has 0 atom stereocenters. The SMILES string of the molecule is Cc1nc(SCc2cc(=O)[nH]c3ccccc23)[nH]c1C. The maximum atomic E-state index is 11.7. The third-order valence-corrected chi connectivity index (χ3v) is 4.23. The van der Waals surface area contributed by atoms with Crippen LogP contribution in [0.15, 0.2) is 40.3 Å². The first-order valence-corrected chi connectivity index (χ1v) is 7.39. The molecular formula is C15H15N3OS. The number of imidazole rings is 1.